The molecule has 9 nitrogen and oxygen atoms in total. The summed E-state index contributed by atoms with van der Waals surface area (Å²) in [7, 11) is 0. The molecule has 3 aromatic rings. The van der Waals surface area contributed by atoms with Crippen LogP contribution in [0.5, 0.6) is 23.0 Å². The van der Waals surface area contributed by atoms with Gasteiger partial charge in [-0.3, -0.25) is 9.80 Å². The van der Waals surface area contributed by atoms with Crippen molar-refractivity contribution in [2.75, 3.05) is 26.2 Å². The maximum Gasteiger partial charge on any atom is 0.166 e. The van der Waals surface area contributed by atoms with Crippen molar-refractivity contribution in [2.24, 2.45) is 11.8 Å². The molecule has 0 unspecified atom stereocenters. The zero-order chi connectivity index (χ0) is 31.7. The monoisotopic (exact) mass is 647 g/mol. The molecule has 0 radical (unpaired) electrons. The van der Waals surface area contributed by atoms with Crippen LogP contribution >= 0.6 is 0 Å². The topological polar surface area (TPSA) is 122 Å². The number of benzene rings is 2. The van der Waals surface area contributed by atoms with Gasteiger partial charge in [-0.2, -0.15) is 0 Å². The molecule has 48 heavy (non-hydrogen) atoms. The lowest BCUT2D eigenvalue weighted by molar-refractivity contribution is -0.173. The van der Waals surface area contributed by atoms with Gasteiger partial charge in [-0.25, -0.2) is 0 Å². The standard InChI is InChI=1S/C39H41N3O6/c43-24-7-5-20-11-26-38(45)13-22-23-14-39(46)27-12-21-6-8-25(44)33-29(21)37(39,17-42(27)16-19-3-4-19)35(48-33)31(23)40-30(22)34-36(38,28(20)32(24)47-34)9-10-41(26)15-18-1-2-18/h5-8,18-19,26-27,34-35,40,43-46H,1-4,9-17H2/t26-,27-,34+,35+,36+,37+,38-,39-/m1/s1. The number of H-pyrrole nitrogens is 1. The van der Waals surface area contributed by atoms with Crippen molar-refractivity contribution in [3.8, 4) is 23.0 Å². The number of phenols is 2. The lowest BCUT2D eigenvalue weighted by Crippen LogP contribution is -2.74. The molecule has 248 valence electrons. The molecule has 8 atom stereocenters. The van der Waals surface area contributed by atoms with Crippen molar-refractivity contribution in [3.63, 3.8) is 0 Å². The van der Waals surface area contributed by atoms with E-state index in [0.717, 1.165) is 72.5 Å². The Morgan fingerprint density at radius 3 is 1.83 bits per heavy atom. The van der Waals surface area contributed by atoms with Crippen LogP contribution in [0.1, 0.15) is 89.1 Å². The van der Waals surface area contributed by atoms with Crippen molar-refractivity contribution in [2.45, 2.75) is 104 Å². The van der Waals surface area contributed by atoms with Gasteiger partial charge >= 0.3 is 0 Å². The second-order valence-corrected chi connectivity index (χ2v) is 17.4. The van der Waals surface area contributed by atoms with E-state index in [1.807, 2.05) is 6.07 Å². The molecular weight excluding hydrogens is 606 g/mol. The Bertz CT molecular complexity index is 2040. The number of hydrogen-bond donors (Lipinski definition) is 5. The van der Waals surface area contributed by atoms with Gasteiger partial charge in [0.2, 0.25) is 0 Å². The summed E-state index contributed by atoms with van der Waals surface area (Å²) >= 11 is 0. The molecule has 4 aliphatic heterocycles. The summed E-state index contributed by atoms with van der Waals surface area (Å²) in [5.74, 6) is 2.73. The van der Waals surface area contributed by atoms with E-state index in [-0.39, 0.29) is 23.6 Å². The number of phenolic OH excluding ortho intramolecular Hbond substituents is 2. The van der Waals surface area contributed by atoms with E-state index < -0.39 is 34.2 Å². The number of rotatable bonds is 4. The molecule has 4 fully saturated rings. The van der Waals surface area contributed by atoms with Crippen LogP contribution in [0.15, 0.2) is 24.3 Å². The molecule has 2 spiro atoms. The molecule has 6 aliphatic carbocycles. The van der Waals surface area contributed by atoms with Crippen LogP contribution in [0.4, 0.5) is 0 Å². The number of aromatic hydroxyl groups is 2. The van der Waals surface area contributed by atoms with Crippen LogP contribution in [-0.2, 0) is 36.5 Å². The van der Waals surface area contributed by atoms with E-state index in [9.17, 15) is 20.4 Å². The molecular formula is C39H41N3O6. The Morgan fingerprint density at radius 1 is 0.708 bits per heavy atom. The highest BCUT2D eigenvalue weighted by atomic mass is 16.5. The average Bonchev–Trinajstić information content (AvgIpc) is 3.95. The smallest absolute Gasteiger partial charge is 0.166 e. The lowest BCUT2D eigenvalue weighted by Gasteiger charge is -2.63. The predicted molar refractivity (Wildman–Crippen MR) is 173 cm³/mol. The fraction of sp³-hybridized carbons (Fsp3) is 0.590. The predicted octanol–water partition coefficient (Wildman–Crippen LogP) is 3.43. The fourth-order valence-corrected chi connectivity index (χ4v) is 13.1. The van der Waals surface area contributed by atoms with Crippen molar-refractivity contribution in [1.82, 2.24) is 14.8 Å². The van der Waals surface area contributed by atoms with Crippen molar-refractivity contribution in [3.05, 3.63) is 69.0 Å². The van der Waals surface area contributed by atoms with E-state index in [1.165, 1.54) is 36.8 Å². The maximum absolute atomic E-state index is 13.4. The fourth-order valence-electron chi connectivity index (χ4n) is 13.1. The van der Waals surface area contributed by atoms with Crippen molar-refractivity contribution < 1.29 is 29.9 Å². The van der Waals surface area contributed by atoms with Gasteiger partial charge in [-0.1, -0.05) is 12.1 Å². The minimum Gasteiger partial charge on any atom is -0.504 e. The summed E-state index contributed by atoms with van der Waals surface area (Å²) in [5.41, 5.74) is 4.89. The molecule has 1 aromatic heterocycles. The number of aromatic amines is 1. The Balaban J connectivity index is 1.03. The third-order valence-electron chi connectivity index (χ3n) is 15.4. The number of fused-ring (bicyclic) bond motifs is 5. The highest BCUT2D eigenvalue weighted by molar-refractivity contribution is 5.69. The van der Waals surface area contributed by atoms with E-state index in [1.54, 1.807) is 12.1 Å². The summed E-state index contributed by atoms with van der Waals surface area (Å²) in [4.78, 5) is 9.01. The number of ether oxygens (including phenoxy) is 2. The molecule has 10 aliphatic rings. The van der Waals surface area contributed by atoms with Gasteiger partial charge in [-0.05, 0) is 97.7 Å². The normalized spacial score (nSPS) is 41.7. The quantitative estimate of drug-likeness (QED) is 0.292. The van der Waals surface area contributed by atoms with Crippen LogP contribution in [0, 0.1) is 11.8 Å². The summed E-state index contributed by atoms with van der Waals surface area (Å²) < 4.78 is 13.8. The molecule has 0 amide bonds. The third-order valence-corrected chi connectivity index (χ3v) is 15.4. The van der Waals surface area contributed by atoms with Gasteiger partial charge in [0.1, 0.15) is 0 Å². The van der Waals surface area contributed by atoms with E-state index >= 15 is 0 Å². The second kappa shape index (κ2) is 7.88. The summed E-state index contributed by atoms with van der Waals surface area (Å²) in [5, 5.41) is 49.1. The van der Waals surface area contributed by atoms with Crippen LogP contribution in [-0.4, -0.2) is 84.7 Å². The van der Waals surface area contributed by atoms with Crippen molar-refractivity contribution >= 4 is 0 Å². The van der Waals surface area contributed by atoms with E-state index in [4.69, 9.17) is 9.47 Å². The molecule has 2 saturated carbocycles. The van der Waals surface area contributed by atoms with Gasteiger partial charge in [0.05, 0.1) is 33.4 Å². The molecule has 2 saturated heterocycles. The maximum atomic E-state index is 13.4. The summed E-state index contributed by atoms with van der Waals surface area (Å²) in [6.45, 7) is 3.62. The number of hydrogen-bond acceptors (Lipinski definition) is 8. The highest BCUT2D eigenvalue weighted by Crippen LogP contribution is 2.73. The Labute approximate surface area is 278 Å². The zero-order valence-corrected chi connectivity index (χ0v) is 27.0. The molecule has 5 N–H and O–H groups in total. The van der Waals surface area contributed by atoms with Gasteiger partial charge in [-0.15, -0.1) is 0 Å². The summed E-state index contributed by atoms with van der Waals surface area (Å²) in [6, 6.07) is 7.54. The number of piperidine rings is 1. The molecule has 9 heteroatoms. The number of aromatic nitrogens is 1. The number of nitrogens with one attached hydrogen (secondary N) is 1. The first-order chi connectivity index (χ1) is 23.2. The Kier molecular flexibility index (Phi) is 4.37. The average molecular weight is 648 g/mol. The van der Waals surface area contributed by atoms with Gasteiger partial charge in [0.15, 0.2) is 35.2 Å². The number of aliphatic hydroxyl groups is 2. The van der Waals surface area contributed by atoms with E-state index in [0.29, 0.717) is 42.7 Å². The first-order valence-electron chi connectivity index (χ1n) is 18.5. The number of likely N-dealkylation sites (tertiary alicyclic amines) is 2. The van der Waals surface area contributed by atoms with Crippen LogP contribution < -0.4 is 9.47 Å². The summed E-state index contributed by atoms with van der Waals surface area (Å²) in [6.07, 6.45) is 7.26. The lowest BCUT2D eigenvalue weighted by atomic mass is 9.48. The molecule has 2 aromatic carbocycles. The van der Waals surface area contributed by atoms with Crippen LogP contribution in [0.25, 0.3) is 0 Å². The number of nitrogens with zero attached hydrogens (tertiary/aromatic N) is 2. The SMILES string of the molecule is Oc1ccc2c3c1O[C@H]1c4[nH]c5c(c4C[C@@]4(O)[C@@H](C2)N(CC2CC2)CC[C@]314)C[C@@]1(O)[C@H]2Cc3ccc(O)c4c3[C@@]1(CN2CC1CC1)[C@H]5O4. The molecule has 5 heterocycles. The van der Waals surface area contributed by atoms with Crippen molar-refractivity contribution in [1.29, 1.82) is 0 Å². The van der Waals surface area contributed by atoms with Gasteiger partial charge in [0.25, 0.3) is 0 Å². The third kappa shape index (κ3) is 2.65. The van der Waals surface area contributed by atoms with Crippen LogP contribution in [0.3, 0.4) is 0 Å². The Hall–Kier alpha value is -3.24. The first kappa shape index (κ1) is 26.6. The highest BCUT2D eigenvalue weighted by Gasteiger charge is 2.78. The zero-order valence-electron chi connectivity index (χ0n) is 27.0. The van der Waals surface area contributed by atoms with E-state index in [2.05, 4.69) is 20.9 Å². The molecule has 4 bridgehead atoms. The van der Waals surface area contributed by atoms with Crippen LogP contribution in [0.2, 0.25) is 0 Å². The molecule has 13 rings (SSSR count). The first-order valence-corrected chi connectivity index (χ1v) is 18.5. The van der Waals surface area contributed by atoms with Gasteiger partial charge in [0, 0.05) is 55.7 Å². The second-order valence-electron chi connectivity index (χ2n) is 17.4. The minimum absolute atomic E-state index is 0.0431. The minimum atomic E-state index is -1.09. The Morgan fingerprint density at radius 2 is 1.23 bits per heavy atom. The van der Waals surface area contributed by atoms with Gasteiger partial charge < -0.3 is 34.9 Å². The largest absolute Gasteiger partial charge is 0.504 e.